The van der Waals surface area contributed by atoms with Crippen LogP contribution in [0.15, 0.2) is 29.2 Å². The van der Waals surface area contributed by atoms with E-state index in [0.29, 0.717) is 12.1 Å². The number of carbonyl (C=O) groups excluding carboxylic acids is 1. The Kier molecular flexibility index (Phi) is 6.82. The second-order valence-corrected chi connectivity index (χ2v) is 9.77. The van der Waals surface area contributed by atoms with E-state index < -0.39 is 10.0 Å². The van der Waals surface area contributed by atoms with Crippen LogP contribution in [-0.2, 0) is 34.1 Å². The molecular weight excluding hydrogens is 398 g/mol. The van der Waals surface area contributed by atoms with Gasteiger partial charge in [-0.2, -0.15) is 0 Å². The summed E-state index contributed by atoms with van der Waals surface area (Å²) in [4.78, 5) is 23.3. The quantitative estimate of drug-likeness (QED) is 0.521. The topological polar surface area (TPSA) is 88.6 Å². The smallest absolute Gasteiger partial charge is 0.264 e. The van der Waals surface area contributed by atoms with Crippen molar-refractivity contribution < 1.29 is 18.0 Å². The molecule has 1 aliphatic carbocycles. The van der Waals surface area contributed by atoms with Crippen molar-refractivity contribution >= 4 is 27.3 Å². The number of hydroxylamine groups is 1. The Labute approximate surface area is 169 Å². The van der Waals surface area contributed by atoms with Gasteiger partial charge in [0.25, 0.3) is 15.9 Å². The molecule has 0 fully saturated rings. The number of aryl methyl sites for hydroxylation is 3. The van der Waals surface area contributed by atoms with Crippen LogP contribution in [-0.4, -0.2) is 44.5 Å². The molecule has 1 aromatic heterocycles. The molecule has 0 atom stereocenters. The van der Waals surface area contributed by atoms with Gasteiger partial charge in [-0.25, -0.2) is 13.4 Å². The number of carbonyl (C=O) groups is 1. The molecule has 1 aliphatic rings. The number of aromatic nitrogens is 1. The van der Waals surface area contributed by atoms with Crippen LogP contribution in [0.2, 0.25) is 0 Å². The fraction of sp³-hybridized carbons (Fsp3) is 0.474. The van der Waals surface area contributed by atoms with Crippen molar-refractivity contribution in [2.45, 2.75) is 43.4 Å². The number of fused-ring (bicyclic) bond motifs is 1. The first kappa shape index (κ1) is 20.9. The van der Waals surface area contributed by atoms with E-state index in [1.807, 2.05) is 0 Å². The van der Waals surface area contributed by atoms with Crippen molar-refractivity contribution in [3.05, 3.63) is 45.4 Å². The van der Waals surface area contributed by atoms with Gasteiger partial charge >= 0.3 is 0 Å². The third kappa shape index (κ3) is 4.78. The number of rotatable bonds is 8. The average Bonchev–Trinajstić information content (AvgIpc) is 3.13. The fourth-order valence-electron chi connectivity index (χ4n) is 3.10. The molecule has 7 nitrogen and oxygen atoms in total. The highest BCUT2D eigenvalue weighted by Crippen LogP contribution is 2.27. The van der Waals surface area contributed by atoms with Crippen molar-refractivity contribution in [3.63, 3.8) is 0 Å². The van der Waals surface area contributed by atoms with Crippen LogP contribution in [0.25, 0.3) is 0 Å². The molecule has 1 N–H and O–H groups in total. The Morgan fingerprint density at radius 1 is 1.32 bits per heavy atom. The molecule has 1 aromatic carbocycles. The third-order valence-corrected chi connectivity index (χ3v) is 7.63. The van der Waals surface area contributed by atoms with Gasteiger partial charge in [0.1, 0.15) is 0 Å². The molecule has 2 aromatic rings. The summed E-state index contributed by atoms with van der Waals surface area (Å²) in [5, 5.41) is 3.99. The van der Waals surface area contributed by atoms with Crippen LogP contribution in [0.1, 0.15) is 45.2 Å². The van der Waals surface area contributed by atoms with Crippen LogP contribution in [0, 0.1) is 0 Å². The normalized spacial score (nSPS) is 14.1. The third-order valence-electron chi connectivity index (χ3n) is 4.73. The lowest BCUT2D eigenvalue weighted by atomic mass is 10.0. The first-order valence-electron chi connectivity index (χ1n) is 9.30. The van der Waals surface area contributed by atoms with E-state index in [1.54, 1.807) is 23.5 Å². The average molecular weight is 424 g/mol. The molecule has 0 saturated heterocycles. The standard InChI is InChI=1S/C19H25N3O4S2/c1-22(26-2)28(24,25)15-8-5-7-14(13-15)19(23)20-12-6-11-18-21-16-9-3-4-10-17(16)27-18/h5,7-8,13H,3-4,6,9-12H2,1-2H3,(H,20,23). The first-order valence-corrected chi connectivity index (χ1v) is 11.6. The number of thiazole rings is 1. The molecule has 152 valence electrons. The van der Waals surface area contributed by atoms with Gasteiger partial charge in [-0.3, -0.25) is 9.63 Å². The maximum Gasteiger partial charge on any atom is 0.264 e. The molecule has 1 amide bonds. The summed E-state index contributed by atoms with van der Waals surface area (Å²) in [6, 6.07) is 5.93. The van der Waals surface area contributed by atoms with Crippen LogP contribution < -0.4 is 5.32 Å². The Balaban J connectivity index is 1.54. The predicted molar refractivity (Wildman–Crippen MR) is 108 cm³/mol. The molecule has 0 saturated carbocycles. The summed E-state index contributed by atoms with van der Waals surface area (Å²) in [6.07, 6.45) is 6.33. The monoisotopic (exact) mass is 423 g/mol. The Bertz CT molecular complexity index is 917. The van der Waals surface area contributed by atoms with E-state index in [1.165, 1.54) is 49.7 Å². The van der Waals surface area contributed by atoms with Gasteiger partial charge in [0, 0.05) is 30.5 Å². The highest BCUT2D eigenvalue weighted by atomic mass is 32.2. The van der Waals surface area contributed by atoms with Gasteiger partial charge in [-0.05, 0) is 50.3 Å². The van der Waals surface area contributed by atoms with Gasteiger partial charge in [-0.1, -0.05) is 10.5 Å². The van der Waals surface area contributed by atoms with E-state index in [-0.39, 0.29) is 10.8 Å². The van der Waals surface area contributed by atoms with E-state index in [0.717, 1.165) is 35.2 Å². The van der Waals surface area contributed by atoms with Crippen LogP contribution in [0.3, 0.4) is 0 Å². The number of benzene rings is 1. The minimum atomic E-state index is -3.78. The Morgan fingerprint density at radius 3 is 2.86 bits per heavy atom. The summed E-state index contributed by atoms with van der Waals surface area (Å²) >= 11 is 1.79. The zero-order valence-corrected chi connectivity index (χ0v) is 17.7. The van der Waals surface area contributed by atoms with Crippen LogP contribution in [0.4, 0.5) is 0 Å². The molecule has 0 bridgehead atoms. The lowest BCUT2D eigenvalue weighted by Gasteiger charge is -2.14. The molecule has 0 spiro atoms. The molecule has 0 unspecified atom stereocenters. The summed E-state index contributed by atoms with van der Waals surface area (Å²) in [5.41, 5.74) is 1.56. The highest BCUT2D eigenvalue weighted by Gasteiger charge is 2.22. The fourth-order valence-corrected chi connectivity index (χ4v) is 5.32. The number of hydrogen-bond acceptors (Lipinski definition) is 6. The van der Waals surface area contributed by atoms with Gasteiger partial charge in [0.15, 0.2) is 0 Å². The van der Waals surface area contributed by atoms with Crippen molar-refractivity contribution in [2.24, 2.45) is 0 Å². The van der Waals surface area contributed by atoms with E-state index in [2.05, 4.69) is 5.32 Å². The predicted octanol–water partition coefficient (Wildman–Crippen LogP) is 2.57. The maximum atomic E-state index is 12.4. The molecular formula is C19H25N3O4S2. The zero-order valence-electron chi connectivity index (χ0n) is 16.1. The number of hydrogen-bond donors (Lipinski definition) is 1. The molecule has 3 rings (SSSR count). The van der Waals surface area contributed by atoms with E-state index in [9.17, 15) is 13.2 Å². The minimum Gasteiger partial charge on any atom is -0.352 e. The largest absolute Gasteiger partial charge is 0.352 e. The van der Waals surface area contributed by atoms with Crippen molar-refractivity contribution in [3.8, 4) is 0 Å². The lowest BCUT2D eigenvalue weighted by Crippen LogP contribution is -2.27. The minimum absolute atomic E-state index is 0.0119. The van der Waals surface area contributed by atoms with Gasteiger partial charge in [0.05, 0.1) is 22.7 Å². The van der Waals surface area contributed by atoms with E-state index in [4.69, 9.17) is 9.82 Å². The first-order chi connectivity index (χ1) is 13.4. The number of nitrogens with zero attached hydrogens (tertiary/aromatic N) is 2. The summed E-state index contributed by atoms with van der Waals surface area (Å²) in [6.45, 7) is 0.512. The number of amides is 1. The Morgan fingerprint density at radius 2 is 2.11 bits per heavy atom. The maximum absolute atomic E-state index is 12.4. The highest BCUT2D eigenvalue weighted by molar-refractivity contribution is 7.89. The second-order valence-electron chi connectivity index (χ2n) is 6.67. The zero-order chi connectivity index (χ0) is 20.1. The molecule has 0 radical (unpaired) electrons. The van der Waals surface area contributed by atoms with Crippen molar-refractivity contribution in [1.29, 1.82) is 0 Å². The summed E-state index contributed by atoms with van der Waals surface area (Å²) in [5.74, 6) is -0.296. The van der Waals surface area contributed by atoms with Crippen LogP contribution in [0.5, 0.6) is 0 Å². The second kappa shape index (κ2) is 9.13. The number of nitrogens with one attached hydrogen (secondary N) is 1. The molecule has 28 heavy (non-hydrogen) atoms. The summed E-state index contributed by atoms with van der Waals surface area (Å²) in [7, 11) is -1.21. The van der Waals surface area contributed by atoms with Crippen molar-refractivity contribution in [2.75, 3.05) is 20.7 Å². The Hall–Kier alpha value is -1.81. The van der Waals surface area contributed by atoms with Crippen LogP contribution >= 0.6 is 11.3 Å². The SMILES string of the molecule is CON(C)S(=O)(=O)c1cccc(C(=O)NCCCc2nc3c(s2)CCCC3)c1. The lowest BCUT2D eigenvalue weighted by molar-refractivity contribution is -0.0258. The van der Waals surface area contributed by atoms with Gasteiger partial charge < -0.3 is 5.32 Å². The van der Waals surface area contributed by atoms with E-state index >= 15 is 0 Å². The van der Waals surface area contributed by atoms with Gasteiger partial charge in [0.2, 0.25) is 0 Å². The molecule has 1 heterocycles. The molecule has 9 heteroatoms. The summed E-state index contributed by atoms with van der Waals surface area (Å²) < 4.78 is 25.4. The molecule has 0 aliphatic heterocycles. The van der Waals surface area contributed by atoms with Crippen molar-refractivity contribution in [1.82, 2.24) is 14.8 Å². The number of sulfonamides is 1. The van der Waals surface area contributed by atoms with Gasteiger partial charge in [-0.15, -0.1) is 11.3 Å².